The molecule has 2 aromatic carbocycles. The number of rotatable bonds is 2. The van der Waals surface area contributed by atoms with Crippen LogP contribution in [-0.4, -0.2) is 19.2 Å². The van der Waals surface area contributed by atoms with Gasteiger partial charge in [0.15, 0.2) is 0 Å². The normalized spacial score (nSPS) is 15.3. The van der Waals surface area contributed by atoms with Crippen molar-refractivity contribution >= 4 is 38.9 Å². The molecule has 0 spiro atoms. The molecule has 1 heterocycles. The number of benzene rings is 2. The van der Waals surface area contributed by atoms with Crippen molar-refractivity contribution in [1.82, 2.24) is 0 Å². The molecule has 1 aliphatic rings. The predicted octanol–water partition coefficient (Wildman–Crippen LogP) is 2.74. The lowest BCUT2D eigenvalue weighted by atomic mass is 10.1. The largest absolute Gasteiger partial charge is 0.294 e. The van der Waals surface area contributed by atoms with Crippen LogP contribution in [-0.2, 0) is 15.8 Å². The van der Waals surface area contributed by atoms with Gasteiger partial charge >= 0.3 is 0 Å². The Balaban J connectivity index is 2.18. The number of nitro benzene ring substituents is 1. The Hall–Kier alpha value is -2.45. The molecule has 0 bridgehead atoms. The summed E-state index contributed by atoms with van der Waals surface area (Å²) in [5.74, 6) is -1.31. The molecule has 2 aromatic rings. The zero-order chi connectivity index (χ0) is 16.8. The second kappa shape index (κ2) is 5.32. The highest BCUT2D eigenvalue weighted by atomic mass is 35.5. The minimum absolute atomic E-state index is 0.0731. The van der Waals surface area contributed by atoms with E-state index in [1.807, 2.05) is 0 Å². The fourth-order valence-electron chi connectivity index (χ4n) is 2.41. The molecule has 0 aromatic heterocycles. The second-order valence-electron chi connectivity index (χ2n) is 4.87. The summed E-state index contributed by atoms with van der Waals surface area (Å²) >= 11 is 5.75. The maximum Gasteiger partial charge on any atom is 0.294 e. The molecule has 0 aliphatic carbocycles. The number of sulfonamides is 1. The number of halogens is 1. The average Bonchev–Trinajstić information content (AvgIpc) is 2.76. The molecule has 0 saturated carbocycles. The Morgan fingerprint density at radius 1 is 1.17 bits per heavy atom. The van der Waals surface area contributed by atoms with E-state index in [9.17, 15) is 23.3 Å². The molecule has 9 heteroatoms. The Kier molecular flexibility index (Phi) is 3.57. The zero-order valence-electron chi connectivity index (χ0n) is 11.5. The Morgan fingerprint density at radius 3 is 2.43 bits per heavy atom. The first kappa shape index (κ1) is 15.4. The van der Waals surface area contributed by atoms with E-state index in [2.05, 4.69) is 0 Å². The van der Waals surface area contributed by atoms with Crippen molar-refractivity contribution in [2.24, 2.45) is 0 Å². The predicted molar refractivity (Wildman–Crippen MR) is 84.0 cm³/mol. The number of anilines is 1. The van der Waals surface area contributed by atoms with Crippen LogP contribution in [0.15, 0.2) is 42.5 Å². The second-order valence-corrected chi connectivity index (χ2v) is 7.13. The van der Waals surface area contributed by atoms with Gasteiger partial charge in [-0.25, -0.2) is 8.42 Å². The van der Waals surface area contributed by atoms with Crippen molar-refractivity contribution in [3.63, 3.8) is 0 Å². The standard InChI is InChI=1S/C14H9ClN2O5S/c15-11-6-4-9(5-7-11)14(18)16-13-10(8-23(16,21)22)2-1-3-12(13)17(19)20/h1-7H,8H2. The van der Waals surface area contributed by atoms with Crippen molar-refractivity contribution in [2.75, 3.05) is 4.31 Å². The first-order valence-corrected chi connectivity index (χ1v) is 8.39. The van der Waals surface area contributed by atoms with Gasteiger partial charge in [-0.05, 0) is 24.3 Å². The van der Waals surface area contributed by atoms with Crippen LogP contribution in [0.2, 0.25) is 5.02 Å². The van der Waals surface area contributed by atoms with Crippen molar-refractivity contribution in [3.05, 3.63) is 68.7 Å². The zero-order valence-corrected chi connectivity index (χ0v) is 13.0. The molecule has 0 unspecified atom stereocenters. The van der Waals surface area contributed by atoms with E-state index in [0.29, 0.717) is 9.33 Å². The number of carbonyl (C=O) groups is 1. The van der Waals surface area contributed by atoms with Crippen molar-refractivity contribution in [1.29, 1.82) is 0 Å². The molecular formula is C14H9ClN2O5S. The SMILES string of the molecule is O=C(c1ccc(Cl)cc1)N1c2c(cccc2[N+](=O)[O-])CS1(=O)=O. The highest BCUT2D eigenvalue weighted by Crippen LogP contribution is 2.41. The van der Waals surface area contributed by atoms with Gasteiger partial charge in [0, 0.05) is 22.2 Å². The number of hydrogen-bond donors (Lipinski definition) is 0. The van der Waals surface area contributed by atoms with Crippen LogP contribution in [0.1, 0.15) is 15.9 Å². The molecule has 0 saturated heterocycles. The molecule has 0 fully saturated rings. The van der Waals surface area contributed by atoms with Gasteiger partial charge in [0.05, 0.1) is 10.7 Å². The molecule has 0 radical (unpaired) electrons. The topological polar surface area (TPSA) is 97.6 Å². The summed E-state index contributed by atoms with van der Waals surface area (Å²) < 4.78 is 25.2. The van der Waals surface area contributed by atoms with Gasteiger partial charge in [-0.15, -0.1) is 0 Å². The Bertz CT molecular complexity index is 925. The number of hydrogen-bond acceptors (Lipinski definition) is 5. The number of nitro groups is 1. The summed E-state index contributed by atoms with van der Waals surface area (Å²) in [4.78, 5) is 23.1. The molecule has 0 atom stereocenters. The Morgan fingerprint density at radius 2 is 1.83 bits per heavy atom. The van der Waals surface area contributed by atoms with E-state index in [4.69, 9.17) is 11.6 Å². The van der Waals surface area contributed by atoms with E-state index < -0.39 is 32.3 Å². The lowest BCUT2D eigenvalue weighted by molar-refractivity contribution is -0.384. The van der Waals surface area contributed by atoms with Crippen LogP contribution in [0.4, 0.5) is 11.4 Å². The number of fused-ring (bicyclic) bond motifs is 1. The highest BCUT2D eigenvalue weighted by Gasteiger charge is 2.43. The van der Waals surface area contributed by atoms with Crippen LogP contribution in [0.25, 0.3) is 0 Å². The maximum atomic E-state index is 12.6. The summed E-state index contributed by atoms with van der Waals surface area (Å²) in [6, 6.07) is 9.63. The van der Waals surface area contributed by atoms with E-state index in [1.54, 1.807) is 0 Å². The van der Waals surface area contributed by atoms with E-state index in [-0.39, 0.29) is 16.8 Å². The molecule has 1 amide bonds. The number of amides is 1. The summed E-state index contributed by atoms with van der Waals surface area (Å²) in [5, 5.41) is 11.6. The van der Waals surface area contributed by atoms with Gasteiger partial charge in [-0.2, -0.15) is 4.31 Å². The third kappa shape index (κ3) is 2.55. The summed E-state index contributed by atoms with van der Waals surface area (Å²) in [6.07, 6.45) is 0. The van der Waals surface area contributed by atoms with Crippen LogP contribution >= 0.6 is 11.6 Å². The third-order valence-electron chi connectivity index (χ3n) is 3.39. The average molecular weight is 353 g/mol. The first-order valence-electron chi connectivity index (χ1n) is 6.40. The van der Waals surface area contributed by atoms with E-state index in [1.165, 1.54) is 42.5 Å². The third-order valence-corrected chi connectivity index (χ3v) is 5.22. The van der Waals surface area contributed by atoms with Gasteiger partial charge in [0.2, 0.25) is 10.0 Å². The molecule has 7 nitrogen and oxygen atoms in total. The van der Waals surface area contributed by atoms with Crippen LogP contribution in [0.3, 0.4) is 0 Å². The molecule has 3 rings (SSSR count). The number of para-hydroxylation sites is 1. The molecule has 1 aliphatic heterocycles. The van der Waals surface area contributed by atoms with Gasteiger partial charge in [0.1, 0.15) is 5.69 Å². The number of carbonyl (C=O) groups excluding carboxylic acids is 1. The Labute approximate surface area is 136 Å². The van der Waals surface area contributed by atoms with Gasteiger partial charge in [0.25, 0.3) is 11.6 Å². The fourth-order valence-corrected chi connectivity index (χ4v) is 4.14. The fraction of sp³-hybridized carbons (Fsp3) is 0.0714. The van der Waals surface area contributed by atoms with Crippen LogP contribution < -0.4 is 4.31 Å². The van der Waals surface area contributed by atoms with Crippen LogP contribution in [0.5, 0.6) is 0 Å². The molecule has 0 N–H and O–H groups in total. The lowest BCUT2D eigenvalue weighted by Gasteiger charge is -2.16. The summed E-state index contributed by atoms with van der Waals surface area (Å²) in [6.45, 7) is 0. The number of nitrogens with zero attached hydrogens (tertiary/aromatic N) is 2. The minimum atomic E-state index is -4.01. The quantitative estimate of drug-likeness (QED) is 0.611. The van der Waals surface area contributed by atoms with E-state index in [0.717, 1.165) is 0 Å². The van der Waals surface area contributed by atoms with Gasteiger partial charge in [-0.3, -0.25) is 14.9 Å². The maximum absolute atomic E-state index is 12.6. The van der Waals surface area contributed by atoms with Crippen molar-refractivity contribution in [2.45, 2.75) is 5.75 Å². The van der Waals surface area contributed by atoms with E-state index >= 15 is 0 Å². The van der Waals surface area contributed by atoms with Crippen LogP contribution in [0, 0.1) is 10.1 Å². The summed E-state index contributed by atoms with van der Waals surface area (Å²) in [7, 11) is -4.01. The lowest BCUT2D eigenvalue weighted by Crippen LogP contribution is -2.34. The molecule has 118 valence electrons. The van der Waals surface area contributed by atoms with Gasteiger partial charge in [-0.1, -0.05) is 23.7 Å². The summed E-state index contributed by atoms with van der Waals surface area (Å²) in [5.41, 5.74) is -0.325. The smallest absolute Gasteiger partial charge is 0.268 e. The van der Waals surface area contributed by atoms with Gasteiger partial charge < -0.3 is 0 Å². The molecule has 23 heavy (non-hydrogen) atoms. The molecular weight excluding hydrogens is 344 g/mol. The first-order chi connectivity index (χ1) is 10.8. The highest BCUT2D eigenvalue weighted by molar-refractivity contribution is 7.93. The van der Waals surface area contributed by atoms with Crippen molar-refractivity contribution < 1.29 is 18.1 Å². The minimum Gasteiger partial charge on any atom is -0.268 e. The van der Waals surface area contributed by atoms with Crippen molar-refractivity contribution in [3.8, 4) is 0 Å². The monoisotopic (exact) mass is 352 g/mol.